The van der Waals surface area contributed by atoms with Crippen molar-refractivity contribution in [2.45, 2.75) is 25.4 Å². The summed E-state index contributed by atoms with van der Waals surface area (Å²) in [5.41, 5.74) is 5.29. The van der Waals surface area contributed by atoms with Crippen molar-refractivity contribution in [1.82, 2.24) is 4.90 Å². The number of carboxylic acid groups (broad SMARTS) is 1. The van der Waals surface area contributed by atoms with Crippen LogP contribution in [0, 0.1) is 0 Å². The van der Waals surface area contributed by atoms with Crippen LogP contribution in [0.15, 0.2) is 66.7 Å². The maximum Gasteiger partial charge on any atom is 0.341 e. The summed E-state index contributed by atoms with van der Waals surface area (Å²) >= 11 is 6.33. The number of amides is 1. The van der Waals surface area contributed by atoms with Crippen LogP contribution in [-0.4, -0.2) is 41.6 Å². The normalized spacial score (nSPS) is 16.3. The van der Waals surface area contributed by atoms with E-state index < -0.39 is 18.6 Å². The summed E-state index contributed by atoms with van der Waals surface area (Å²) in [6, 6.07) is 21.0. The molecule has 2 heterocycles. The Morgan fingerprint density at radius 1 is 1.00 bits per heavy atom. The number of benzene rings is 3. The number of fused-ring (bicyclic) bond motifs is 2. The van der Waals surface area contributed by atoms with Gasteiger partial charge in [0.15, 0.2) is 6.61 Å². The molecule has 34 heavy (non-hydrogen) atoms. The number of ether oxygens (including phenoxy) is 1. The Hall–Kier alpha value is -3.51. The second kappa shape index (κ2) is 9.39. The van der Waals surface area contributed by atoms with Crippen molar-refractivity contribution in [1.29, 1.82) is 0 Å². The highest BCUT2D eigenvalue weighted by Gasteiger charge is 2.36. The van der Waals surface area contributed by atoms with Crippen LogP contribution in [0.3, 0.4) is 0 Å². The van der Waals surface area contributed by atoms with Crippen LogP contribution in [0.4, 0.5) is 5.69 Å². The predicted molar refractivity (Wildman–Crippen MR) is 130 cm³/mol. The van der Waals surface area contributed by atoms with Crippen molar-refractivity contribution < 1.29 is 19.4 Å². The summed E-state index contributed by atoms with van der Waals surface area (Å²) < 4.78 is 5.59. The quantitative estimate of drug-likeness (QED) is 0.535. The Labute approximate surface area is 203 Å². The van der Waals surface area contributed by atoms with E-state index in [2.05, 4.69) is 23.1 Å². The highest BCUT2D eigenvalue weighted by atomic mass is 35.5. The van der Waals surface area contributed by atoms with Gasteiger partial charge in [-0.05, 0) is 47.4 Å². The molecular weight excluding hydrogens is 452 g/mol. The van der Waals surface area contributed by atoms with Crippen LogP contribution in [0.5, 0.6) is 5.75 Å². The van der Waals surface area contributed by atoms with Gasteiger partial charge in [-0.2, -0.15) is 0 Å². The SMILES string of the molecule is O=C(O)COc1ccc(Cl)cc1C1c2ccccc2CN1C(=O)CCN1CCc2ccccc21. The van der Waals surface area contributed by atoms with Crippen molar-refractivity contribution >= 4 is 29.2 Å². The maximum absolute atomic E-state index is 13.6. The average Bonchev–Trinajstić information content (AvgIpc) is 3.43. The van der Waals surface area contributed by atoms with Crippen LogP contribution in [0.1, 0.15) is 34.7 Å². The molecule has 1 amide bonds. The minimum absolute atomic E-state index is 0.0368. The minimum atomic E-state index is -1.06. The molecular formula is C27H25ClN2O4. The molecule has 0 fully saturated rings. The summed E-state index contributed by atoms with van der Waals surface area (Å²) in [6.45, 7) is 1.58. The number of nitrogens with zero attached hydrogens (tertiary/aromatic N) is 2. The van der Waals surface area contributed by atoms with Crippen LogP contribution in [0.25, 0.3) is 0 Å². The number of rotatable bonds is 7. The lowest BCUT2D eigenvalue weighted by Crippen LogP contribution is -2.34. The largest absolute Gasteiger partial charge is 0.482 e. The standard InChI is InChI=1S/C27H25ClN2O4/c28-20-9-10-24(34-17-26(32)33)22(15-20)27-21-7-3-1-6-19(21)16-30(27)25(31)12-14-29-13-11-18-5-2-4-8-23(18)29/h1-10,15,27H,11-14,16-17H2,(H,32,33). The first-order valence-electron chi connectivity index (χ1n) is 11.4. The van der Waals surface area contributed by atoms with E-state index in [0.717, 1.165) is 24.1 Å². The second-order valence-corrected chi connectivity index (χ2v) is 9.04. The summed E-state index contributed by atoms with van der Waals surface area (Å²) in [7, 11) is 0. The van der Waals surface area contributed by atoms with Gasteiger partial charge >= 0.3 is 5.97 Å². The molecule has 2 aliphatic rings. The fourth-order valence-corrected chi connectivity index (χ4v) is 5.15. The number of halogens is 1. The molecule has 174 valence electrons. The average molecular weight is 477 g/mol. The zero-order valence-electron chi connectivity index (χ0n) is 18.6. The number of hydrogen-bond acceptors (Lipinski definition) is 4. The van der Waals surface area contributed by atoms with Gasteiger partial charge in [0, 0.05) is 42.3 Å². The summed E-state index contributed by atoms with van der Waals surface area (Å²) in [5.74, 6) is -0.610. The van der Waals surface area contributed by atoms with Crippen molar-refractivity contribution in [3.8, 4) is 5.75 Å². The zero-order valence-corrected chi connectivity index (χ0v) is 19.4. The lowest BCUT2D eigenvalue weighted by molar-refractivity contribution is -0.139. The number of para-hydroxylation sites is 1. The van der Waals surface area contributed by atoms with E-state index in [9.17, 15) is 9.59 Å². The fraction of sp³-hybridized carbons (Fsp3) is 0.259. The number of carbonyl (C=O) groups is 2. The van der Waals surface area contributed by atoms with Gasteiger partial charge < -0.3 is 19.6 Å². The Bertz CT molecular complexity index is 1240. The highest BCUT2D eigenvalue weighted by Crippen LogP contribution is 2.43. The van der Waals surface area contributed by atoms with Crippen LogP contribution in [-0.2, 0) is 22.6 Å². The molecule has 0 saturated carbocycles. The van der Waals surface area contributed by atoms with E-state index in [-0.39, 0.29) is 5.91 Å². The van der Waals surface area contributed by atoms with E-state index in [1.54, 1.807) is 18.2 Å². The van der Waals surface area contributed by atoms with Gasteiger partial charge in [0.2, 0.25) is 5.91 Å². The first kappa shape index (κ1) is 22.3. The van der Waals surface area contributed by atoms with Gasteiger partial charge in [-0.3, -0.25) is 4.79 Å². The van der Waals surface area contributed by atoms with E-state index in [0.29, 0.717) is 35.8 Å². The molecule has 5 rings (SSSR count). The van der Waals surface area contributed by atoms with E-state index >= 15 is 0 Å². The molecule has 0 bridgehead atoms. The Kier molecular flexibility index (Phi) is 6.16. The Balaban J connectivity index is 1.42. The van der Waals surface area contributed by atoms with Gasteiger partial charge in [-0.1, -0.05) is 54.1 Å². The molecule has 0 spiro atoms. The Morgan fingerprint density at radius 2 is 1.76 bits per heavy atom. The molecule has 1 unspecified atom stereocenters. The number of carboxylic acids is 1. The van der Waals surface area contributed by atoms with Crippen molar-refractivity contribution in [3.05, 3.63) is 94.0 Å². The molecule has 0 aromatic heterocycles. The van der Waals surface area contributed by atoms with Crippen LogP contribution < -0.4 is 9.64 Å². The van der Waals surface area contributed by atoms with Gasteiger partial charge in [0.25, 0.3) is 0 Å². The molecule has 3 aromatic carbocycles. The molecule has 3 aromatic rings. The molecule has 6 nitrogen and oxygen atoms in total. The summed E-state index contributed by atoms with van der Waals surface area (Å²) in [6.07, 6.45) is 1.37. The lowest BCUT2D eigenvalue weighted by Gasteiger charge is -2.28. The first-order chi connectivity index (χ1) is 16.5. The molecule has 7 heteroatoms. The highest BCUT2D eigenvalue weighted by molar-refractivity contribution is 6.30. The second-order valence-electron chi connectivity index (χ2n) is 8.60. The van der Waals surface area contributed by atoms with E-state index in [1.807, 2.05) is 35.2 Å². The molecule has 0 saturated heterocycles. The molecule has 0 aliphatic carbocycles. The molecule has 1 atom stereocenters. The monoisotopic (exact) mass is 476 g/mol. The third kappa shape index (κ3) is 4.33. The first-order valence-corrected chi connectivity index (χ1v) is 11.7. The fourth-order valence-electron chi connectivity index (χ4n) is 4.97. The third-order valence-electron chi connectivity index (χ3n) is 6.52. The summed E-state index contributed by atoms with van der Waals surface area (Å²) in [5, 5.41) is 9.61. The van der Waals surface area contributed by atoms with Crippen LogP contribution in [0.2, 0.25) is 5.02 Å². The lowest BCUT2D eigenvalue weighted by atomic mass is 9.97. The van der Waals surface area contributed by atoms with Crippen molar-refractivity contribution in [2.75, 3.05) is 24.6 Å². The Morgan fingerprint density at radius 3 is 2.59 bits per heavy atom. The van der Waals surface area contributed by atoms with Gasteiger partial charge in [-0.25, -0.2) is 4.79 Å². The molecule has 1 N–H and O–H groups in total. The number of aliphatic carboxylic acids is 1. The number of carbonyl (C=O) groups excluding carboxylic acids is 1. The summed E-state index contributed by atoms with van der Waals surface area (Å²) in [4.78, 5) is 28.8. The molecule has 2 aliphatic heterocycles. The smallest absolute Gasteiger partial charge is 0.341 e. The van der Waals surface area contributed by atoms with Crippen molar-refractivity contribution in [3.63, 3.8) is 0 Å². The van der Waals surface area contributed by atoms with Crippen LogP contribution >= 0.6 is 11.6 Å². The predicted octanol–water partition coefficient (Wildman–Crippen LogP) is 4.69. The topological polar surface area (TPSA) is 70.1 Å². The van der Waals surface area contributed by atoms with Gasteiger partial charge in [0.05, 0.1) is 6.04 Å². The third-order valence-corrected chi connectivity index (χ3v) is 6.75. The maximum atomic E-state index is 13.6. The minimum Gasteiger partial charge on any atom is -0.482 e. The number of hydrogen-bond donors (Lipinski definition) is 1. The van der Waals surface area contributed by atoms with Crippen molar-refractivity contribution in [2.24, 2.45) is 0 Å². The number of anilines is 1. The van der Waals surface area contributed by atoms with E-state index in [4.69, 9.17) is 21.4 Å². The zero-order chi connectivity index (χ0) is 23.7. The molecule has 0 radical (unpaired) electrons. The van der Waals surface area contributed by atoms with Gasteiger partial charge in [-0.15, -0.1) is 0 Å². The van der Waals surface area contributed by atoms with Gasteiger partial charge in [0.1, 0.15) is 5.75 Å². The van der Waals surface area contributed by atoms with E-state index in [1.165, 1.54) is 11.3 Å².